The maximum absolute atomic E-state index is 11.5. The second-order valence-electron chi connectivity index (χ2n) is 12.9. The van der Waals surface area contributed by atoms with Crippen LogP contribution in [0.25, 0.3) is 16.7 Å². The Morgan fingerprint density at radius 3 is 1.61 bits per heavy atom. The molecular formula is C31H39N3O2. The van der Waals surface area contributed by atoms with E-state index in [0.717, 1.165) is 38.9 Å². The van der Waals surface area contributed by atoms with E-state index in [1.165, 1.54) is 4.80 Å². The van der Waals surface area contributed by atoms with Crippen molar-refractivity contribution in [2.24, 2.45) is 0 Å². The van der Waals surface area contributed by atoms with E-state index in [2.05, 4.69) is 90.7 Å². The Hall–Kier alpha value is -3.34. The lowest BCUT2D eigenvalue weighted by Crippen LogP contribution is -2.18. The Morgan fingerprint density at radius 2 is 1.17 bits per heavy atom. The van der Waals surface area contributed by atoms with Gasteiger partial charge >= 0.3 is 0 Å². The zero-order valence-corrected chi connectivity index (χ0v) is 23.1. The molecule has 0 radical (unpaired) electrons. The molecule has 0 saturated carbocycles. The van der Waals surface area contributed by atoms with Crippen LogP contribution in [-0.4, -0.2) is 25.2 Å². The van der Waals surface area contributed by atoms with Crippen molar-refractivity contribution in [2.75, 3.05) is 0 Å². The summed E-state index contributed by atoms with van der Waals surface area (Å²) in [5.74, 6) is 0.533. The standard InChI is InChI=1S/C31H39N3O2/c1-29(2,3)21-17-20(27(35)26(18-21)34-32-24-12-10-11-13-25(24)33-34)14-19-15-22(30(4,5)6)28(36)23(16-19)31(7,8)9/h10-13,15-18,35-36H,14H2,1-9H3. The zero-order valence-electron chi connectivity index (χ0n) is 23.1. The smallest absolute Gasteiger partial charge is 0.146 e. The lowest BCUT2D eigenvalue weighted by atomic mass is 9.77. The van der Waals surface area contributed by atoms with E-state index in [-0.39, 0.29) is 22.0 Å². The van der Waals surface area contributed by atoms with Gasteiger partial charge in [0.15, 0.2) is 0 Å². The number of phenolic OH excluding ortho intramolecular Hbond substituents is 2. The first-order chi connectivity index (χ1) is 16.6. The summed E-state index contributed by atoms with van der Waals surface area (Å²) in [7, 11) is 0. The SMILES string of the molecule is CC(C)(C)c1cc(Cc2cc(C(C)(C)C)c(O)c(C(C)(C)C)c2)c(O)c(-n2nc3ccccc3n2)c1. The van der Waals surface area contributed by atoms with E-state index in [1.807, 2.05) is 30.3 Å². The molecule has 0 fully saturated rings. The van der Waals surface area contributed by atoms with Crippen molar-refractivity contribution >= 4 is 11.0 Å². The molecule has 0 spiro atoms. The number of nitrogens with zero attached hydrogens (tertiary/aromatic N) is 3. The summed E-state index contributed by atoms with van der Waals surface area (Å²) in [4.78, 5) is 1.54. The first-order valence-corrected chi connectivity index (χ1v) is 12.6. The second kappa shape index (κ2) is 8.65. The first-order valence-electron chi connectivity index (χ1n) is 12.6. The van der Waals surface area contributed by atoms with E-state index in [0.29, 0.717) is 17.9 Å². The molecule has 36 heavy (non-hydrogen) atoms. The lowest BCUT2D eigenvalue weighted by Gasteiger charge is -2.28. The van der Waals surface area contributed by atoms with Crippen molar-refractivity contribution in [3.8, 4) is 17.2 Å². The predicted octanol–water partition coefficient (Wildman–Crippen LogP) is 7.32. The summed E-state index contributed by atoms with van der Waals surface area (Å²) in [5.41, 5.74) is 6.33. The van der Waals surface area contributed by atoms with E-state index < -0.39 is 0 Å². The average Bonchev–Trinajstić information content (AvgIpc) is 3.17. The summed E-state index contributed by atoms with van der Waals surface area (Å²) < 4.78 is 0. The van der Waals surface area contributed by atoms with Gasteiger partial charge in [0.2, 0.25) is 0 Å². The van der Waals surface area contributed by atoms with Gasteiger partial charge in [-0.05, 0) is 56.7 Å². The van der Waals surface area contributed by atoms with Crippen LogP contribution >= 0.6 is 0 Å². The fraction of sp³-hybridized carbons (Fsp3) is 0.419. The predicted molar refractivity (Wildman–Crippen MR) is 148 cm³/mol. The monoisotopic (exact) mass is 485 g/mol. The van der Waals surface area contributed by atoms with Crippen LogP contribution in [-0.2, 0) is 22.7 Å². The van der Waals surface area contributed by atoms with Crippen LogP contribution in [0.3, 0.4) is 0 Å². The highest BCUT2D eigenvalue weighted by Gasteiger charge is 2.27. The Kier molecular flexibility index (Phi) is 6.19. The maximum atomic E-state index is 11.5. The normalized spacial score (nSPS) is 12.9. The molecular weight excluding hydrogens is 446 g/mol. The third kappa shape index (κ3) is 4.97. The summed E-state index contributed by atoms with van der Waals surface area (Å²) in [6, 6.07) is 15.9. The van der Waals surface area contributed by atoms with Crippen LogP contribution in [0, 0.1) is 0 Å². The third-order valence-corrected chi connectivity index (χ3v) is 6.72. The van der Waals surface area contributed by atoms with Gasteiger partial charge < -0.3 is 10.2 Å². The molecule has 4 aromatic rings. The minimum Gasteiger partial charge on any atom is -0.507 e. The quantitative estimate of drug-likeness (QED) is 0.319. The number of hydrogen-bond donors (Lipinski definition) is 2. The van der Waals surface area contributed by atoms with Crippen molar-refractivity contribution in [3.63, 3.8) is 0 Å². The number of aromatic nitrogens is 3. The van der Waals surface area contributed by atoms with Crippen molar-refractivity contribution in [1.29, 1.82) is 0 Å². The minimum absolute atomic E-state index is 0.133. The molecule has 1 heterocycles. The molecule has 2 N–H and O–H groups in total. The van der Waals surface area contributed by atoms with Gasteiger partial charge in [-0.3, -0.25) is 0 Å². The summed E-state index contributed by atoms with van der Waals surface area (Å²) in [6.07, 6.45) is 0.524. The first kappa shape index (κ1) is 25.7. The van der Waals surface area contributed by atoms with Crippen LogP contribution in [0.5, 0.6) is 11.5 Å². The van der Waals surface area contributed by atoms with Crippen LogP contribution in [0.1, 0.15) is 90.1 Å². The number of aromatic hydroxyl groups is 2. The molecule has 3 aromatic carbocycles. The molecule has 190 valence electrons. The molecule has 4 rings (SSSR count). The molecule has 1 aromatic heterocycles. The van der Waals surface area contributed by atoms with E-state index in [9.17, 15) is 10.2 Å². The second-order valence-corrected chi connectivity index (χ2v) is 12.9. The summed E-state index contributed by atoms with van der Waals surface area (Å²) >= 11 is 0. The number of fused-ring (bicyclic) bond motifs is 1. The fourth-order valence-electron chi connectivity index (χ4n) is 4.53. The molecule has 0 unspecified atom stereocenters. The van der Waals surface area contributed by atoms with E-state index >= 15 is 0 Å². The molecule has 0 bridgehead atoms. The fourth-order valence-corrected chi connectivity index (χ4v) is 4.53. The molecule has 0 amide bonds. The minimum atomic E-state index is -0.223. The zero-order chi connectivity index (χ0) is 26.6. The Balaban J connectivity index is 1.91. The van der Waals surface area contributed by atoms with Gasteiger partial charge in [-0.2, -0.15) is 0 Å². The number of benzene rings is 3. The van der Waals surface area contributed by atoms with E-state index in [1.54, 1.807) is 0 Å². The molecule has 0 saturated heterocycles. The van der Waals surface area contributed by atoms with Crippen molar-refractivity contribution in [2.45, 2.75) is 85.0 Å². The van der Waals surface area contributed by atoms with Gasteiger partial charge in [0.25, 0.3) is 0 Å². The largest absolute Gasteiger partial charge is 0.507 e. The molecule has 0 aliphatic heterocycles. The van der Waals surface area contributed by atoms with Crippen LogP contribution in [0.4, 0.5) is 0 Å². The van der Waals surface area contributed by atoms with Crippen LogP contribution in [0.15, 0.2) is 48.5 Å². The highest BCUT2D eigenvalue weighted by Crippen LogP contribution is 2.41. The van der Waals surface area contributed by atoms with Crippen LogP contribution < -0.4 is 0 Å². The Labute approximate surface area is 214 Å². The molecule has 0 atom stereocenters. The van der Waals surface area contributed by atoms with Crippen LogP contribution in [0.2, 0.25) is 0 Å². The topological polar surface area (TPSA) is 71.2 Å². The number of hydrogen-bond acceptors (Lipinski definition) is 4. The van der Waals surface area contributed by atoms with Gasteiger partial charge in [-0.25, -0.2) is 0 Å². The van der Waals surface area contributed by atoms with Crippen molar-refractivity contribution < 1.29 is 10.2 Å². The van der Waals surface area contributed by atoms with Gasteiger partial charge in [0.05, 0.1) is 0 Å². The Bertz CT molecular complexity index is 1360. The number of rotatable bonds is 3. The molecule has 0 aliphatic carbocycles. The Morgan fingerprint density at radius 1 is 0.667 bits per heavy atom. The molecule has 0 aliphatic rings. The van der Waals surface area contributed by atoms with Gasteiger partial charge in [-0.1, -0.05) is 92.6 Å². The van der Waals surface area contributed by atoms with Crippen molar-refractivity contribution in [1.82, 2.24) is 15.0 Å². The highest BCUT2D eigenvalue weighted by atomic mass is 16.3. The van der Waals surface area contributed by atoms with Gasteiger partial charge in [-0.15, -0.1) is 15.0 Å². The summed E-state index contributed by atoms with van der Waals surface area (Å²) in [6.45, 7) is 19.2. The van der Waals surface area contributed by atoms with Gasteiger partial charge in [0, 0.05) is 12.0 Å². The number of phenols is 2. The maximum Gasteiger partial charge on any atom is 0.146 e. The molecule has 5 nitrogen and oxygen atoms in total. The van der Waals surface area contributed by atoms with Gasteiger partial charge in [0.1, 0.15) is 28.2 Å². The lowest BCUT2D eigenvalue weighted by molar-refractivity contribution is 0.422. The average molecular weight is 486 g/mol. The third-order valence-electron chi connectivity index (χ3n) is 6.72. The highest BCUT2D eigenvalue weighted by molar-refractivity contribution is 5.74. The summed E-state index contributed by atoms with van der Waals surface area (Å²) in [5, 5.41) is 31.9. The van der Waals surface area contributed by atoms with E-state index in [4.69, 9.17) is 0 Å². The molecule has 5 heteroatoms. The van der Waals surface area contributed by atoms with Crippen molar-refractivity contribution in [3.05, 3.63) is 76.3 Å².